The number of piperazine rings is 1. The van der Waals surface area contributed by atoms with E-state index < -0.39 is 0 Å². The number of nitrogen functional groups attached to an aromatic ring is 1. The first-order chi connectivity index (χ1) is 9.13. The van der Waals surface area contributed by atoms with Crippen molar-refractivity contribution >= 4 is 11.6 Å². The highest BCUT2D eigenvalue weighted by Crippen LogP contribution is 2.19. The van der Waals surface area contributed by atoms with Crippen molar-refractivity contribution in [2.75, 3.05) is 44.4 Å². The van der Waals surface area contributed by atoms with Crippen LogP contribution in [-0.2, 0) is 11.3 Å². The number of aromatic nitrogens is 2. The van der Waals surface area contributed by atoms with Crippen molar-refractivity contribution < 1.29 is 4.74 Å². The smallest absolute Gasteiger partial charge is 0.158 e. The van der Waals surface area contributed by atoms with Crippen LogP contribution in [0.25, 0.3) is 0 Å². The first-order valence-corrected chi connectivity index (χ1v) is 6.71. The number of hydrogen-bond acceptors (Lipinski definition) is 6. The fraction of sp³-hybridized carbons (Fsp3) is 0.692. The Morgan fingerprint density at radius 1 is 1.42 bits per heavy atom. The Hall–Kier alpha value is -1.40. The molecule has 1 unspecified atom stereocenters. The third kappa shape index (κ3) is 3.33. The molecule has 0 radical (unpaired) electrons. The number of methoxy groups -OCH3 is 1. The van der Waals surface area contributed by atoms with Gasteiger partial charge in [0.1, 0.15) is 18.2 Å². The van der Waals surface area contributed by atoms with E-state index >= 15 is 0 Å². The molecule has 1 saturated heterocycles. The number of nitrogens with zero attached hydrogens (tertiary/aromatic N) is 4. The molecule has 2 rings (SSSR count). The molecule has 2 N–H and O–H groups in total. The van der Waals surface area contributed by atoms with E-state index in [1.807, 2.05) is 6.07 Å². The molecule has 1 aromatic rings. The second kappa shape index (κ2) is 6.16. The first-order valence-electron chi connectivity index (χ1n) is 6.71. The topological polar surface area (TPSA) is 67.5 Å². The number of hydrogen-bond donors (Lipinski definition) is 1. The standard InChI is InChI=1S/C13H23N5O/c1-4-10-8-18(6-5-17(10)2)13-7-11(14)15-12(16-13)9-19-3/h7,10H,4-6,8-9H2,1-3H3,(H2,14,15,16). The van der Waals surface area contributed by atoms with E-state index in [0.717, 1.165) is 31.9 Å². The van der Waals surface area contributed by atoms with Crippen molar-refractivity contribution in [1.29, 1.82) is 0 Å². The predicted octanol–water partition coefficient (Wildman–Crippen LogP) is 0.736. The monoisotopic (exact) mass is 265 g/mol. The third-order valence-corrected chi connectivity index (χ3v) is 3.62. The molecule has 0 aliphatic carbocycles. The Labute approximate surface area is 114 Å². The van der Waals surface area contributed by atoms with Crippen LogP contribution in [-0.4, -0.2) is 54.7 Å². The van der Waals surface area contributed by atoms with Gasteiger partial charge in [-0.15, -0.1) is 0 Å². The van der Waals surface area contributed by atoms with Gasteiger partial charge >= 0.3 is 0 Å². The second-order valence-corrected chi connectivity index (χ2v) is 4.99. The van der Waals surface area contributed by atoms with Gasteiger partial charge in [-0.1, -0.05) is 6.92 Å². The maximum absolute atomic E-state index is 5.85. The van der Waals surface area contributed by atoms with Gasteiger partial charge in [0.25, 0.3) is 0 Å². The zero-order chi connectivity index (χ0) is 13.8. The van der Waals surface area contributed by atoms with Crippen LogP contribution in [0.1, 0.15) is 19.2 Å². The van der Waals surface area contributed by atoms with Crippen LogP contribution < -0.4 is 10.6 Å². The van der Waals surface area contributed by atoms with Gasteiger partial charge in [0.2, 0.25) is 0 Å². The number of likely N-dealkylation sites (N-methyl/N-ethyl adjacent to an activating group) is 1. The molecular weight excluding hydrogens is 242 g/mol. The summed E-state index contributed by atoms with van der Waals surface area (Å²) >= 11 is 0. The highest BCUT2D eigenvalue weighted by atomic mass is 16.5. The summed E-state index contributed by atoms with van der Waals surface area (Å²) in [4.78, 5) is 13.4. The van der Waals surface area contributed by atoms with E-state index in [0.29, 0.717) is 24.3 Å². The summed E-state index contributed by atoms with van der Waals surface area (Å²) in [5.74, 6) is 2.06. The van der Waals surface area contributed by atoms with Crippen LogP contribution in [0.15, 0.2) is 6.07 Å². The molecule has 6 nitrogen and oxygen atoms in total. The predicted molar refractivity (Wildman–Crippen MR) is 76.1 cm³/mol. The van der Waals surface area contributed by atoms with Gasteiger partial charge in [-0.25, -0.2) is 9.97 Å². The van der Waals surface area contributed by atoms with Crippen molar-refractivity contribution in [3.05, 3.63) is 11.9 Å². The average molecular weight is 265 g/mol. The van der Waals surface area contributed by atoms with Crippen molar-refractivity contribution in [1.82, 2.24) is 14.9 Å². The van der Waals surface area contributed by atoms with Crippen LogP contribution in [0.4, 0.5) is 11.6 Å². The van der Waals surface area contributed by atoms with E-state index in [4.69, 9.17) is 10.5 Å². The molecule has 0 aromatic carbocycles. The minimum atomic E-state index is 0.392. The molecule has 1 aromatic heterocycles. The second-order valence-electron chi connectivity index (χ2n) is 4.99. The average Bonchev–Trinajstić information content (AvgIpc) is 2.39. The van der Waals surface area contributed by atoms with Gasteiger partial charge in [0, 0.05) is 38.9 Å². The Kier molecular flexibility index (Phi) is 4.55. The zero-order valence-corrected chi connectivity index (χ0v) is 12.0. The van der Waals surface area contributed by atoms with E-state index in [9.17, 15) is 0 Å². The lowest BCUT2D eigenvalue weighted by molar-refractivity contribution is 0.177. The lowest BCUT2D eigenvalue weighted by atomic mass is 10.1. The molecule has 19 heavy (non-hydrogen) atoms. The zero-order valence-electron chi connectivity index (χ0n) is 12.0. The maximum Gasteiger partial charge on any atom is 0.158 e. The minimum absolute atomic E-state index is 0.392. The number of ether oxygens (including phenoxy) is 1. The summed E-state index contributed by atoms with van der Waals surface area (Å²) in [5, 5.41) is 0. The molecule has 1 aliphatic rings. The lowest BCUT2D eigenvalue weighted by Gasteiger charge is -2.39. The first kappa shape index (κ1) is 14.0. The van der Waals surface area contributed by atoms with E-state index in [1.54, 1.807) is 7.11 Å². The SMILES string of the molecule is CCC1CN(c2cc(N)nc(COC)n2)CCN1C. The summed E-state index contributed by atoms with van der Waals surface area (Å²) in [6.45, 7) is 5.60. The van der Waals surface area contributed by atoms with Gasteiger partial charge in [-0.05, 0) is 13.5 Å². The van der Waals surface area contributed by atoms with Crippen LogP contribution in [0.2, 0.25) is 0 Å². The van der Waals surface area contributed by atoms with Crippen LogP contribution >= 0.6 is 0 Å². The molecule has 1 aliphatic heterocycles. The Balaban J connectivity index is 2.17. The van der Waals surface area contributed by atoms with Crippen molar-refractivity contribution in [2.24, 2.45) is 0 Å². The molecule has 1 fully saturated rings. The molecule has 0 amide bonds. The number of rotatable bonds is 4. The summed E-state index contributed by atoms with van der Waals surface area (Å²) in [7, 11) is 3.81. The normalized spacial score (nSPS) is 20.8. The van der Waals surface area contributed by atoms with E-state index in [1.165, 1.54) is 0 Å². The number of anilines is 2. The van der Waals surface area contributed by atoms with Gasteiger partial charge in [-0.3, -0.25) is 4.90 Å². The molecule has 6 heteroatoms. The van der Waals surface area contributed by atoms with E-state index in [2.05, 4.69) is 33.7 Å². The lowest BCUT2D eigenvalue weighted by Crippen LogP contribution is -2.51. The molecule has 0 saturated carbocycles. The van der Waals surface area contributed by atoms with Gasteiger partial charge in [-0.2, -0.15) is 0 Å². The molecule has 1 atom stereocenters. The van der Waals surface area contributed by atoms with Crippen molar-refractivity contribution in [2.45, 2.75) is 26.0 Å². The fourth-order valence-corrected chi connectivity index (χ4v) is 2.45. The molecular formula is C13H23N5O. The summed E-state index contributed by atoms with van der Waals surface area (Å²) in [6, 6.07) is 2.41. The number of nitrogens with two attached hydrogens (primary N) is 1. The highest BCUT2D eigenvalue weighted by Gasteiger charge is 2.24. The Bertz CT molecular complexity index is 425. The summed E-state index contributed by atoms with van der Waals surface area (Å²) in [5.41, 5.74) is 5.85. The van der Waals surface area contributed by atoms with E-state index in [-0.39, 0.29) is 0 Å². The molecule has 0 spiro atoms. The minimum Gasteiger partial charge on any atom is -0.384 e. The molecule has 0 bridgehead atoms. The Morgan fingerprint density at radius 3 is 2.89 bits per heavy atom. The van der Waals surface area contributed by atoms with Gasteiger partial charge in [0.15, 0.2) is 5.82 Å². The van der Waals surface area contributed by atoms with Crippen LogP contribution in [0, 0.1) is 0 Å². The van der Waals surface area contributed by atoms with Crippen LogP contribution in [0.3, 0.4) is 0 Å². The summed E-state index contributed by atoms with van der Waals surface area (Å²) < 4.78 is 5.08. The van der Waals surface area contributed by atoms with Crippen LogP contribution in [0.5, 0.6) is 0 Å². The quantitative estimate of drug-likeness (QED) is 0.866. The molecule has 106 valence electrons. The van der Waals surface area contributed by atoms with Crippen molar-refractivity contribution in [3.63, 3.8) is 0 Å². The fourth-order valence-electron chi connectivity index (χ4n) is 2.45. The van der Waals surface area contributed by atoms with Gasteiger partial charge < -0.3 is 15.4 Å². The maximum atomic E-state index is 5.85. The third-order valence-electron chi connectivity index (χ3n) is 3.62. The molecule has 2 heterocycles. The summed E-state index contributed by atoms with van der Waals surface area (Å²) in [6.07, 6.45) is 1.14. The highest BCUT2D eigenvalue weighted by molar-refractivity contribution is 5.47. The largest absolute Gasteiger partial charge is 0.384 e. The van der Waals surface area contributed by atoms with Gasteiger partial charge in [0.05, 0.1) is 0 Å². The Morgan fingerprint density at radius 2 is 2.21 bits per heavy atom. The van der Waals surface area contributed by atoms with Crippen molar-refractivity contribution in [3.8, 4) is 0 Å².